The molecule has 0 atom stereocenters. The summed E-state index contributed by atoms with van der Waals surface area (Å²) >= 11 is 0. The highest BCUT2D eigenvalue weighted by molar-refractivity contribution is 5.79. The lowest BCUT2D eigenvalue weighted by Crippen LogP contribution is -2.41. The monoisotopic (exact) mass is 338 g/mol. The van der Waals surface area contributed by atoms with Gasteiger partial charge in [-0.25, -0.2) is 4.98 Å². The summed E-state index contributed by atoms with van der Waals surface area (Å²) in [4.78, 5) is 25.3. The SMILES string of the molecule is CCc1ccc(CN(C)C(=O)C2CCN(c3cnccn3)CC2)cc1. The minimum absolute atomic E-state index is 0.104. The Morgan fingerprint density at radius 3 is 2.44 bits per heavy atom. The average molecular weight is 338 g/mol. The van der Waals surface area contributed by atoms with Crippen LogP contribution < -0.4 is 4.90 Å². The van der Waals surface area contributed by atoms with Crippen molar-refractivity contribution in [2.24, 2.45) is 5.92 Å². The number of hydrogen-bond donors (Lipinski definition) is 0. The molecule has 1 amide bonds. The molecular formula is C20H26N4O. The highest BCUT2D eigenvalue weighted by atomic mass is 16.2. The van der Waals surface area contributed by atoms with Crippen LogP contribution in [0.25, 0.3) is 0 Å². The zero-order valence-electron chi connectivity index (χ0n) is 15.1. The van der Waals surface area contributed by atoms with E-state index in [9.17, 15) is 4.79 Å². The van der Waals surface area contributed by atoms with Crippen molar-refractivity contribution < 1.29 is 4.79 Å². The van der Waals surface area contributed by atoms with Crippen LogP contribution in [0.1, 0.15) is 30.9 Å². The molecule has 1 saturated heterocycles. The average Bonchev–Trinajstić information content (AvgIpc) is 2.69. The Balaban J connectivity index is 1.52. The van der Waals surface area contributed by atoms with Crippen molar-refractivity contribution in [1.82, 2.24) is 14.9 Å². The minimum atomic E-state index is 0.104. The lowest BCUT2D eigenvalue weighted by Gasteiger charge is -2.33. The van der Waals surface area contributed by atoms with E-state index in [1.165, 1.54) is 11.1 Å². The zero-order chi connectivity index (χ0) is 17.6. The van der Waals surface area contributed by atoms with E-state index < -0.39 is 0 Å². The van der Waals surface area contributed by atoms with Crippen molar-refractivity contribution in [1.29, 1.82) is 0 Å². The van der Waals surface area contributed by atoms with Gasteiger partial charge in [-0.1, -0.05) is 31.2 Å². The first-order chi connectivity index (χ1) is 12.2. The third-order valence-corrected chi connectivity index (χ3v) is 4.94. The van der Waals surface area contributed by atoms with Crippen LogP contribution in [0, 0.1) is 5.92 Å². The second-order valence-electron chi connectivity index (χ2n) is 6.69. The van der Waals surface area contributed by atoms with Gasteiger partial charge in [0.2, 0.25) is 5.91 Å². The summed E-state index contributed by atoms with van der Waals surface area (Å²) in [6.07, 6.45) is 7.96. The van der Waals surface area contributed by atoms with E-state index in [-0.39, 0.29) is 11.8 Å². The van der Waals surface area contributed by atoms with Crippen molar-refractivity contribution in [3.05, 3.63) is 54.0 Å². The second-order valence-corrected chi connectivity index (χ2v) is 6.69. The van der Waals surface area contributed by atoms with Crippen LogP contribution in [0.3, 0.4) is 0 Å². The van der Waals surface area contributed by atoms with E-state index in [0.717, 1.165) is 38.2 Å². The molecule has 1 aromatic carbocycles. The molecule has 0 bridgehead atoms. The topological polar surface area (TPSA) is 49.3 Å². The number of rotatable bonds is 5. The standard InChI is InChI=1S/C20H26N4O/c1-3-16-4-6-17(7-5-16)15-23(2)20(25)18-8-12-24(13-9-18)19-14-21-10-11-22-19/h4-7,10-11,14,18H,3,8-9,12-13,15H2,1-2H3. The molecule has 0 spiro atoms. The molecular weight excluding hydrogens is 312 g/mol. The number of anilines is 1. The van der Waals surface area contributed by atoms with Crippen molar-refractivity contribution in [3.63, 3.8) is 0 Å². The van der Waals surface area contributed by atoms with Crippen LogP contribution in [0.15, 0.2) is 42.9 Å². The Hall–Kier alpha value is -2.43. The molecule has 0 saturated carbocycles. The van der Waals surface area contributed by atoms with Crippen molar-refractivity contribution >= 4 is 11.7 Å². The lowest BCUT2D eigenvalue weighted by atomic mass is 9.95. The quantitative estimate of drug-likeness (QED) is 0.841. The molecule has 25 heavy (non-hydrogen) atoms. The van der Waals surface area contributed by atoms with Gasteiger partial charge in [-0.2, -0.15) is 0 Å². The number of carbonyl (C=O) groups is 1. The molecule has 132 valence electrons. The molecule has 0 aliphatic carbocycles. The molecule has 0 N–H and O–H groups in total. The number of nitrogens with zero attached hydrogens (tertiary/aromatic N) is 4. The molecule has 1 fully saturated rings. The van der Waals surface area contributed by atoms with Crippen LogP contribution in [0.2, 0.25) is 0 Å². The summed E-state index contributed by atoms with van der Waals surface area (Å²) in [6, 6.07) is 8.54. The second kappa shape index (κ2) is 8.10. The van der Waals surface area contributed by atoms with E-state index in [2.05, 4.69) is 46.1 Å². The van der Waals surface area contributed by atoms with Gasteiger partial charge in [0.25, 0.3) is 0 Å². The maximum atomic E-state index is 12.7. The first-order valence-corrected chi connectivity index (χ1v) is 9.01. The molecule has 5 nitrogen and oxygen atoms in total. The number of hydrogen-bond acceptors (Lipinski definition) is 4. The number of aromatic nitrogens is 2. The minimum Gasteiger partial charge on any atom is -0.355 e. The fourth-order valence-electron chi connectivity index (χ4n) is 3.35. The number of carbonyl (C=O) groups excluding carboxylic acids is 1. The van der Waals surface area contributed by atoms with E-state index >= 15 is 0 Å². The zero-order valence-corrected chi connectivity index (χ0v) is 15.1. The predicted molar refractivity (Wildman–Crippen MR) is 99.3 cm³/mol. The van der Waals surface area contributed by atoms with Gasteiger partial charge in [0, 0.05) is 45.0 Å². The number of piperidine rings is 1. The van der Waals surface area contributed by atoms with Gasteiger partial charge in [0.05, 0.1) is 6.20 Å². The maximum absolute atomic E-state index is 12.7. The van der Waals surface area contributed by atoms with Gasteiger partial charge >= 0.3 is 0 Å². The van der Waals surface area contributed by atoms with Crippen LogP contribution >= 0.6 is 0 Å². The van der Waals surface area contributed by atoms with Crippen molar-refractivity contribution in [3.8, 4) is 0 Å². The van der Waals surface area contributed by atoms with Crippen molar-refractivity contribution in [2.75, 3.05) is 25.0 Å². The summed E-state index contributed by atoms with van der Waals surface area (Å²) < 4.78 is 0. The van der Waals surface area contributed by atoms with E-state index in [1.54, 1.807) is 18.6 Å². The molecule has 3 rings (SSSR count). The number of amides is 1. The third-order valence-electron chi connectivity index (χ3n) is 4.94. The largest absolute Gasteiger partial charge is 0.355 e. The third kappa shape index (κ3) is 4.35. The molecule has 5 heteroatoms. The Labute approximate surface area is 149 Å². The van der Waals surface area contributed by atoms with Crippen LogP contribution in [-0.4, -0.2) is 40.9 Å². The smallest absolute Gasteiger partial charge is 0.225 e. The highest BCUT2D eigenvalue weighted by Crippen LogP contribution is 2.23. The van der Waals surface area contributed by atoms with Crippen LogP contribution in [0.5, 0.6) is 0 Å². The highest BCUT2D eigenvalue weighted by Gasteiger charge is 2.27. The molecule has 0 radical (unpaired) electrons. The molecule has 1 aliphatic heterocycles. The summed E-state index contributed by atoms with van der Waals surface area (Å²) in [6.45, 7) is 4.54. The Kier molecular flexibility index (Phi) is 5.64. The molecule has 1 aliphatic rings. The van der Waals surface area contributed by atoms with Crippen molar-refractivity contribution in [2.45, 2.75) is 32.7 Å². The fraction of sp³-hybridized carbons (Fsp3) is 0.450. The van der Waals surface area contributed by atoms with Crippen LogP contribution in [0.4, 0.5) is 5.82 Å². The van der Waals surface area contributed by atoms with Gasteiger partial charge in [0.15, 0.2) is 0 Å². The van der Waals surface area contributed by atoms with Gasteiger partial charge < -0.3 is 9.80 Å². The summed E-state index contributed by atoms with van der Waals surface area (Å²) in [7, 11) is 1.91. The summed E-state index contributed by atoms with van der Waals surface area (Å²) in [5, 5.41) is 0. The summed E-state index contributed by atoms with van der Waals surface area (Å²) in [5.41, 5.74) is 2.51. The first kappa shape index (κ1) is 17.4. The molecule has 0 unspecified atom stereocenters. The number of aryl methyl sites for hydroxylation is 1. The van der Waals surface area contributed by atoms with Crippen LogP contribution in [-0.2, 0) is 17.8 Å². The fourth-order valence-corrected chi connectivity index (χ4v) is 3.35. The van der Waals surface area contributed by atoms with Gasteiger partial charge in [-0.3, -0.25) is 9.78 Å². The number of benzene rings is 1. The summed E-state index contributed by atoms with van der Waals surface area (Å²) in [5.74, 6) is 1.25. The van der Waals surface area contributed by atoms with Gasteiger partial charge in [0.1, 0.15) is 5.82 Å². The van der Waals surface area contributed by atoms with E-state index in [1.807, 2.05) is 11.9 Å². The van der Waals surface area contributed by atoms with Gasteiger partial charge in [-0.15, -0.1) is 0 Å². The molecule has 2 aromatic rings. The normalized spacial score (nSPS) is 15.2. The Morgan fingerprint density at radius 1 is 1.16 bits per heavy atom. The van der Waals surface area contributed by atoms with E-state index in [4.69, 9.17) is 0 Å². The molecule has 2 heterocycles. The Morgan fingerprint density at radius 2 is 1.84 bits per heavy atom. The van der Waals surface area contributed by atoms with Gasteiger partial charge in [-0.05, 0) is 30.4 Å². The Bertz CT molecular complexity index is 679. The first-order valence-electron chi connectivity index (χ1n) is 9.01. The maximum Gasteiger partial charge on any atom is 0.225 e. The lowest BCUT2D eigenvalue weighted by molar-refractivity contribution is -0.135. The molecule has 1 aromatic heterocycles. The predicted octanol–water partition coefficient (Wildman–Crippen LogP) is 2.91. The van der Waals surface area contributed by atoms with E-state index in [0.29, 0.717) is 6.54 Å².